The normalized spacial score (nSPS) is 29.3. The molecule has 1 aromatic heterocycles. The van der Waals surface area contributed by atoms with Gasteiger partial charge in [-0.2, -0.15) is 0 Å². The minimum absolute atomic E-state index is 0.154. The van der Waals surface area contributed by atoms with E-state index in [1.165, 1.54) is 4.57 Å². The van der Waals surface area contributed by atoms with Gasteiger partial charge >= 0.3 is 0 Å². The van der Waals surface area contributed by atoms with Gasteiger partial charge in [0.25, 0.3) is 5.56 Å². The Kier molecular flexibility index (Phi) is 2.79. The SMILES string of the molecule is CN1C(=O)[C@@H]2C[C@]3(C(=O)Nc4ccccc43)[C@]1(C)c1nc3ccccc3c(=O)n12. The monoisotopic (exact) mass is 386 g/mol. The van der Waals surface area contributed by atoms with Gasteiger partial charge in [0, 0.05) is 12.7 Å². The van der Waals surface area contributed by atoms with E-state index in [2.05, 4.69) is 5.32 Å². The maximum Gasteiger partial charge on any atom is 0.262 e. The third-order valence-corrected chi connectivity index (χ3v) is 7.19. The van der Waals surface area contributed by atoms with E-state index < -0.39 is 17.0 Å². The summed E-state index contributed by atoms with van der Waals surface area (Å²) in [5.41, 5.74) is -0.158. The topological polar surface area (TPSA) is 84.3 Å². The maximum atomic E-state index is 13.4. The molecule has 5 heterocycles. The molecule has 1 N–H and O–H groups in total. The van der Waals surface area contributed by atoms with Crippen LogP contribution in [0.25, 0.3) is 10.9 Å². The number of fused-ring (bicyclic) bond motifs is 3. The van der Waals surface area contributed by atoms with Crippen molar-refractivity contribution in [3.63, 3.8) is 0 Å². The Bertz CT molecular complexity index is 1330. The number of nitrogens with one attached hydrogen (secondary N) is 1. The first-order chi connectivity index (χ1) is 13.9. The average Bonchev–Trinajstić information content (AvgIpc) is 3.01. The van der Waals surface area contributed by atoms with Gasteiger partial charge in [-0.15, -0.1) is 0 Å². The number of hydrogen-bond acceptors (Lipinski definition) is 4. The number of anilines is 1. The fourth-order valence-electron chi connectivity index (χ4n) is 5.63. The predicted octanol–water partition coefficient (Wildman–Crippen LogP) is 1.92. The largest absolute Gasteiger partial charge is 0.330 e. The summed E-state index contributed by atoms with van der Waals surface area (Å²) in [6.45, 7) is 1.86. The minimum atomic E-state index is -1.10. The molecule has 7 heteroatoms. The lowest BCUT2D eigenvalue weighted by Gasteiger charge is -2.59. The number of hydrogen-bond donors (Lipinski definition) is 1. The van der Waals surface area contributed by atoms with Crippen molar-refractivity contribution in [3.05, 3.63) is 70.3 Å². The molecule has 4 aliphatic rings. The second kappa shape index (κ2) is 4.92. The first-order valence-corrected chi connectivity index (χ1v) is 9.61. The summed E-state index contributed by atoms with van der Waals surface area (Å²) < 4.78 is 1.52. The third kappa shape index (κ3) is 1.59. The molecule has 1 saturated heterocycles. The second-order valence-electron chi connectivity index (χ2n) is 8.22. The number of benzene rings is 2. The van der Waals surface area contributed by atoms with E-state index >= 15 is 0 Å². The molecular weight excluding hydrogens is 368 g/mol. The van der Waals surface area contributed by atoms with Crippen LogP contribution in [-0.2, 0) is 20.5 Å². The Morgan fingerprint density at radius 3 is 2.62 bits per heavy atom. The van der Waals surface area contributed by atoms with Crippen LogP contribution in [0.1, 0.15) is 30.8 Å². The second-order valence-corrected chi connectivity index (χ2v) is 8.22. The first kappa shape index (κ1) is 16.5. The third-order valence-electron chi connectivity index (χ3n) is 7.19. The average molecular weight is 386 g/mol. The summed E-state index contributed by atoms with van der Waals surface area (Å²) >= 11 is 0. The van der Waals surface area contributed by atoms with Gasteiger partial charge in [-0.05, 0) is 37.1 Å². The van der Waals surface area contributed by atoms with Gasteiger partial charge in [0.05, 0.1) is 10.9 Å². The van der Waals surface area contributed by atoms with Crippen molar-refractivity contribution in [1.29, 1.82) is 0 Å². The lowest BCUT2D eigenvalue weighted by Crippen LogP contribution is -2.72. The fraction of sp³-hybridized carbons (Fsp3) is 0.273. The summed E-state index contributed by atoms with van der Waals surface area (Å²) in [5, 5.41) is 3.47. The predicted molar refractivity (Wildman–Crippen MR) is 107 cm³/mol. The van der Waals surface area contributed by atoms with Gasteiger partial charge < -0.3 is 10.2 Å². The molecule has 3 aromatic rings. The minimum Gasteiger partial charge on any atom is -0.330 e. The Morgan fingerprint density at radius 1 is 1.07 bits per heavy atom. The molecule has 1 fully saturated rings. The molecule has 3 atom stereocenters. The van der Waals surface area contributed by atoms with Gasteiger partial charge in [0.1, 0.15) is 22.8 Å². The van der Waals surface area contributed by atoms with Crippen LogP contribution in [0.2, 0.25) is 0 Å². The van der Waals surface area contributed by atoms with E-state index in [0.29, 0.717) is 16.7 Å². The standard InChI is InChI=1S/C22H18N4O3/c1-21-19-23-14-9-5-3-7-12(14)17(27)26(19)16(18(28)25(21)2)11-22(21)13-8-4-6-10-15(13)24-20(22)29/h3-10,16H,11H2,1-2H3,(H,24,29)/t16-,21-,22-/m0/s1. The van der Waals surface area contributed by atoms with E-state index in [0.717, 1.165) is 11.3 Å². The quantitative estimate of drug-likeness (QED) is 0.640. The van der Waals surface area contributed by atoms with Gasteiger partial charge in [0.2, 0.25) is 11.8 Å². The van der Waals surface area contributed by atoms with Crippen LogP contribution in [0, 0.1) is 0 Å². The first-order valence-electron chi connectivity index (χ1n) is 9.61. The molecule has 7 rings (SSSR count). The van der Waals surface area contributed by atoms with E-state index in [9.17, 15) is 14.4 Å². The number of amides is 2. The van der Waals surface area contributed by atoms with E-state index in [1.807, 2.05) is 37.3 Å². The number of carbonyl (C=O) groups excluding carboxylic acids is 2. The Balaban J connectivity index is 1.77. The Labute approximate surface area is 166 Å². The number of likely N-dealkylation sites (N-methyl/N-ethyl adjacent to an activating group) is 1. The van der Waals surface area contributed by atoms with Gasteiger partial charge in [-0.25, -0.2) is 4.98 Å². The molecule has 0 aliphatic carbocycles. The van der Waals surface area contributed by atoms with Gasteiger partial charge in [0.15, 0.2) is 0 Å². The molecule has 2 amide bonds. The molecule has 2 bridgehead atoms. The molecular formula is C22H18N4O3. The molecule has 144 valence electrons. The summed E-state index contributed by atoms with van der Waals surface area (Å²) in [6, 6.07) is 13.9. The summed E-state index contributed by atoms with van der Waals surface area (Å²) in [5.74, 6) is 0.146. The van der Waals surface area contributed by atoms with Gasteiger partial charge in [-0.3, -0.25) is 19.0 Å². The van der Waals surface area contributed by atoms with Crippen LogP contribution in [0.5, 0.6) is 0 Å². The summed E-state index contributed by atoms with van der Waals surface area (Å²) in [6.07, 6.45) is 0.239. The highest BCUT2D eigenvalue weighted by Gasteiger charge is 2.71. The number of rotatable bonds is 0. The zero-order valence-electron chi connectivity index (χ0n) is 16.0. The Morgan fingerprint density at radius 2 is 1.79 bits per heavy atom. The Hall–Kier alpha value is -3.48. The number of para-hydroxylation sites is 2. The van der Waals surface area contributed by atoms with Crippen molar-refractivity contribution in [3.8, 4) is 0 Å². The molecule has 7 nitrogen and oxygen atoms in total. The number of piperidine rings is 1. The number of aromatic nitrogens is 2. The van der Waals surface area contributed by atoms with Crippen molar-refractivity contribution in [2.24, 2.45) is 0 Å². The molecule has 1 spiro atoms. The molecule has 4 aliphatic heterocycles. The highest BCUT2D eigenvalue weighted by molar-refractivity contribution is 6.09. The molecule has 0 unspecified atom stereocenters. The van der Waals surface area contributed by atoms with E-state index in [-0.39, 0.29) is 23.8 Å². The van der Waals surface area contributed by atoms with Crippen LogP contribution in [0.15, 0.2) is 53.3 Å². The van der Waals surface area contributed by atoms with Crippen LogP contribution < -0.4 is 10.9 Å². The van der Waals surface area contributed by atoms with Crippen LogP contribution in [0.3, 0.4) is 0 Å². The highest BCUT2D eigenvalue weighted by atomic mass is 16.2. The summed E-state index contributed by atoms with van der Waals surface area (Å²) in [7, 11) is 1.70. The summed E-state index contributed by atoms with van der Waals surface area (Å²) in [4.78, 5) is 46.4. The van der Waals surface area contributed by atoms with Crippen LogP contribution >= 0.6 is 0 Å². The molecule has 29 heavy (non-hydrogen) atoms. The molecule has 2 aromatic carbocycles. The number of nitrogens with zero attached hydrogens (tertiary/aromatic N) is 3. The molecule has 0 saturated carbocycles. The van der Waals surface area contributed by atoms with Crippen molar-refractivity contribution >= 4 is 28.4 Å². The van der Waals surface area contributed by atoms with E-state index in [1.54, 1.807) is 30.1 Å². The number of carbonyl (C=O) groups is 2. The van der Waals surface area contributed by atoms with Crippen LogP contribution in [-0.4, -0.2) is 33.3 Å². The zero-order valence-corrected chi connectivity index (χ0v) is 16.0. The van der Waals surface area contributed by atoms with Crippen molar-refractivity contribution < 1.29 is 9.59 Å². The highest BCUT2D eigenvalue weighted by Crippen LogP contribution is 2.61. The molecule has 0 radical (unpaired) electrons. The van der Waals surface area contributed by atoms with Gasteiger partial charge in [-0.1, -0.05) is 30.3 Å². The fourth-order valence-corrected chi connectivity index (χ4v) is 5.63. The van der Waals surface area contributed by atoms with Crippen molar-refractivity contribution in [2.45, 2.75) is 30.3 Å². The maximum absolute atomic E-state index is 13.4. The van der Waals surface area contributed by atoms with Crippen molar-refractivity contribution in [2.75, 3.05) is 12.4 Å². The van der Waals surface area contributed by atoms with Crippen molar-refractivity contribution in [1.82, 2.24) is 14.5 Å². The van der Waals surface area contributed by atoms with Crippen LogP contribution in [0.4, 0.5) is 5.69 Å². The zero-order chi connectivity index (χ0) is 20.1. The smallest absolute Gasteiger partial charge is 0.262 e. The lowest BCUT2D eigenvalue weighted by atomic mass is 9.57. The van der Waals surface area contributed by atoms with E-state index in [4.69, 9.17) is 4.98 Å². The lowest BCUT2D eigenvalue weighted by molar-refractivity contribution is -0.163.